The van der Waals surface area contributed by atoms with Crippen LogP contribution < -0.4 is 5.32 Å². The van der Waals surface area contributed by atoms with Gasteiger partial charge in [-0.15, -0.1) is 0 Å². The molecule has 0 spiro atoms. The molecule has 3 heteroatoms. The van der Waals surface area contributed by atoms with Gasteiger partial charge in [-0.2, -0.15) is 0 Å². The molecule has 2 rings (SSSR count). The highest BCUT2D eigenvalue weighted by atomic mass is 35.5. The number of rotatable bonds is 4. The molecule has 0 fully saturated rings. The normalized spacial score (nSPS) is 12.4. The van der Waals surface area contributed by atoms with Gasteiger partial charge in [0.25, 0.3) is 0 Å². The number of nitrogens with one attached hydrogen (secondary N) is 1. The summed E-state index contributed by atoms with van der Waals surface area (Å²) in [5.74, 6) is 0. The van der Waals surface area contributed by atoms with Crippen LogP contribution in [0.5, 0.6) is 0 Å². The number of benzene rings is 2. The Kier molecular flexibility index (Phi) is 4.70. The summed E-state index contributed by atoms with van der Waals surface area (Å²) in [5.41, 5.74) is 1.31. The summed E-state index contributed by atoms with van der Waals surface area (Å²) in [4.78, 5) is 2.43. The van der Waals surface area contributed by atoms with Crippen molar-refractivity contribution >= 4 is 23.4 Å². The van der Waals surface area contributed by atoms with Crippen LogP contribution in [0.3, 0.4) is 0 Å². The zero-order chi connectivity index (χ0) is 13.0. The van der Waals surface area contributed by atoms with E-state index in [-0.39, 0.29) is 0 Å². The smallest absolute Gasteiger partial charge is 0.0417 e. The largest absolute Gasteiger partial charge is 0.313 e. The number of halogens is 1. The summed E-state index contributed by atoms with van der Waals surface area (Å²) >= 11 is 7.76. The van der Waals surface area contributed by atoms with Crippen LogP contribution in [0.4, 0.5) is 0 Å². The van der Waals surface area contributed by atoms with E-state index in [0.29, 0.717) is 6.04 Å². The van der Waals surface area contributed by atoms with Gasteiger partial charge in [0.2, 0.25) is 0 Å². The molecule has 0 heterocycles. The molecule has 1 atom stereocenters. The highest BCUT2D eigenvalue weighted by Crippen LogP contribution is 2.34. The fraction of sp³-hybridized carbons (Fsp3) is 0.200. The molecule has 0 aromatic heterocycles. The molecule has 1 nitrogen and oxygen atoms in total. The second-order valence-corrected chi connectivity index (χ2v) is 5.66. The van der Waals surface area contributed by atoms with Crippen LogP contribution in [-0.4, -0.2) is 7.05 Å². The summed E-state index contributed by atoms with van der Waals surface area (Å²) < 4.78 is 0. The van der Waals surface area contributed by atoms with E-state index in [1.54, 1.807) is 11.8 Å². The van der Waals surface area contributed by atoms with Gasteiger partial charge in [0.05, 0.1) is 0 Å². The molecular formula is C15H16ClNS. The van der Waals surface area contributed by atoms with Gasteiger partial charge >= 0.3 is 0 Å². The second-order valence-electron chi connectivity index (χ2n) is 4.11. The van der Waals surface area contributed by atoms with E-state index in [4.69, 9.17) is 11.6 Å². The monoisotopic (exact) mass is 277 g/mol. The Hall–Kier alpha value is -0.960. The molecular weight excluding hydrogens is 262 g/mol. The van der Waals surface area contributed by atoms with E-state index < -0.39 is 0 Å². The molecule has 0 aliphatic heterocycles. The first-order chi connectivity index (χ1) is 8.70. The van der Waals surface area contributed by atoms with Gasteiger partial charge in [-0.3, -0.25) is 0 Å². The molecule has 2 aromatic carbocycles. The average molecular weight is 278 g/mol. The maximum absolute atomic E-state index is 6.02. The zero-order valence-electron chi connectivity index (χ0n) is 10.5. The number of hydrogen-bond acceptors (Lipinski definition) is 2. The van der Waals surface area contributed by atoms with Gasteiger partial charge in [0, 0.05) is 20.9 Å². The maximum atomic E-state index is 6.02. The molecule has 18 heavy (non-hydrogen) atoms. The molecule has 0 radical (unpaired) electrons. The lowest BCUT2D eigenvalue weighted by atomic mass is 10.1. The van der Waals surface area contributed by atoms with Crippen LogP contribution in [0, 0.1) is 0 Å². The van der Waals surface area contributed by atoms with Gasteiger partial charge in [0.15, 0.2) is 0 Å². The zero-order valence-corrected chi connectivity index (χ0v) is 12.1. The Bertz CT molecular complexity index is 527. The molecule has 0 aliphatic rings. The lowest BCUT2D eigenvalue weighted by molar-refractivity contribution is 0.641. The molecule has 2 aromatic rings. The van der Waals surface area contributed by atoms with Crippen molar-refractivity contribution in [2.24, 2.45) is 0 Å². The Morgan fingerprint density at radius 3 is 2.61 bits per heavy atom. The molecule has 0 saturated carbocycles. The summed E-state index contributed by atoms with van der Waals surface area (Å²) in [6.07, 6.45) is 0. The van der Waals surface area contributed by atoms with Gasteiger partial charge in [-0.05, 0) is 43.8 Å². The van der Waals surface area contributed by atoms with Crippen molar-refractivity contribution < 1.29 is 0 Å². The van der Waals surface area contributed by atoms with Crippen LogP contribution in [0.25, 0.3) is 0 Å². The third-order valence-corrected chi connectivity index (χ3v) is 4.16. The Morgan fingerprint density at radius 2 is 1.89 bits per heavy atom. The minimum absolute atomic E-state index is 0.341. The van der Waals surface area contributed by atoms with Gasteiger partial charge in [0.1, 0.15) is 0 Å². The van der Waals surface area contributed by atoms with Crippen molar-refractivity contribution in [1.82, 2.24) is 5.32 Å². The minimum Gasteiger partial charge on any atom is -0.313 e. The van der Waals surface area contributed by atoms with E-state index in [9.17, 15) is 0 Å². The summed E-state index contributed by atoms with van der Waals surface area (Å²) in [7, 11) is 1.98. The predicted molar refractivity (Wildman–Crippen MR) is 79.5 cm³/mol. The van der Waals surface area contributed by atoms with Crippen LogP contribution in [-0.2, 0) is 0 Å². The van der Waals surface area contributed by atoms with Gasteiger partial charge < -0.3 is 5.32 Å². The Morgan fingerprint density at radius 1 is 1.11 bits per heavy atom. The van der Waals surface area contributed by atoms with Crippen LogP contribution in [0.2, 0.25) is 5.02 Å². The lowest BCUT2D eigenvalue weighted by Gasteiger charge is -2.15. The SMILES string of the molecule is CNC(C)c1ccccc1Sc1cccc(Cl)c1. The van der Waals surface area contributed by atoms with Crippen LogP contribution in [0.1, 0.15) is 18.5 Å². The fourth-order valence-corrected chi connectivity index (χ4v) is 3.09. The van der Waals surface area contributed by atoms with Crippen LogP contribution >= 0.6 is 23.4 Å². The van der Waals surface area contributed by atoms with Crippen molar-refractivity contribution in [2.75, 3.05) is 7.05 Å². The highest BCUT2D eigenvalue weighted by molar-refractivity contribution is 7.99. The fourth-order valence-electron chi connectivity index (χ4n) is 1.74. The first-order valence-electron chi connectivity index (χ1n) is 5.90. The van der Waals surface area contributed by atoms with Gasteiger partial charge in [-0.1, -0.05) is 47.6 Å². The minimum atomic E-state index is 0.341. The van der Waals surface area contributed by atoms with Crippen molar-refractivity contribution in [3.8, 4) is 0 Å². The molecule has 0 bridgehead atoms. The maximum Gasteiger partial charge on any atom is 0.0417 e. The molecule has 94 valence electrons. The van der Waals surface area contributed by atoms with Crippen molar-refractivity contribution in [3.05, 3.63) is 59.1 Å². The van der Waals surface area contributed by atoms with Crippen molar-refractivity contribution in [1.29, 1.82) is 0 Å². The summed E-state index contributed by atoms with van der Waals surface area (Å²) in [6.45, 7) is 2.16. The standard InChI is InChI=1S/C15H16ClNS/c1-11(17-2)14-8-3-4-9-15(14)18-13-7-5-6-12(16)10-13/h3-11,17H,1-2H3. The van der Waals surface area contributed by atoms with E-state index >= 15 is 0 Å². The van der Waals surface area contributed by atoms with Crippen molar-refractivity contribution in [3.63, 3.8) is 0 Å². The highest BCUT2D eigenvalue weighted by Gasteiger charge is 2.09. The molecule has 1 unspecified atom stereocenters. The third-order valence-electron chi connectivity index (χ3n) is 2.84. The molecule has 0 aliphatic carbocycles. The average Bonchev–Trinajstić information content (AvgIpc) is 2.38. The van der Waals surface area contributed by atoms with Gasteiger partial charge in [-0.25, -0.2) is 0 Å². The third kappa shape index (κ3) is 3.29. The van der Waals surface area contributed by atoms with Crippen LogP contribution in [0.15, 0.2) is 58.3 Å². The predicted octanol–water partition coefficient (Wildman–Crippen LogP) is 4.77. The Labute approximate surface area is 118 Å². The Balaban J connectivity index is 2.29. The quantitative estimate of drug-likeness (QED) is 0.864. The lowest BCUT2D eigenvalue weighted by Crippen LogP contribution is -2.12. The van der Waals surface area contributed by atoms with E-state index in [0.717, 1.165) is 5.02 Å². The van der Waals surface area contributed by atoms with E-state index in [2.05, 4.69) is 42.6 Å². The first kappa shape index (κ1) is 13.5. The first-order valence-corrected chi connectivity index (χ1v) is 7.10. The molecule has 1 N–H and O–H groups in total. The summed E-state index contributed by atoms with van der Waals surface area (Å²) in [6, 6.07) is 16.7. The van der Waals surface area contributed by atoms with E-state index in [1.807, 2.05) is 25.2 Å². The number of hydrogen-bond donors (Lipinski definition) is 1. The molecule has 0 amide bonds. The molecule has 0 saturated heterocycles. The summed E-state index contributed by atoms with van der Waals surface area (Å²) in [5, 5.41) is 4.06. The second kappa shape index (κ2) is 6.28. The van der Waals surface area contributed by atoms with E-state index in [1.165, 1.54) is 15.4 Å². The topological polar surface area (TPSA) is 12.0 Å². The van der Waals surface area contributed by atoms with Crippen molar-refractivity contribution in [2.45, 2.75) is 22.8 Å².